The van der Waals surface area contributed by atoms with Crippen LogP contribution in [0.25, 0.3) is 0 Å². The second-order valence-corrected chi connectivity index (χ2v) is 4.81. The van der Waals surface area contributed by atoms with E-state index in [-0.39, 0.29) is 6.03 Å². The molecule has 0 aromatic heterocycles. The van der Waals surface area contributed by atoms with E-state index in [0.29, 0.717) is 18.9 Å². The van der Waals surface area contributed by atoms with Crippen LogP contribution in [0.1, 0.15) is 46.5 Å². The Morgan fingerprint density at radius 2 is 1.89 bits per heavy atom. The third kappa shape index (κ3) is 7.92. The van der Waals surface area contributed by atoms with E-state index in [1.807, 2.05) is 13.8 Å². The van der Waals surface area contributed by atoms with Crippen molar-refractivity contribution in [2.75, 3.05) is 13.7 Å². The summed E-state index contributed by atoms with van der Waals surface area (Å²) in [5.41, 5.74) is 0. The lowest BCUT2D eigenvalue weighted by Crippen LogP contribution is -2.47. The maximum atomic E-state index is 11.6. The molecule has 0 rings (SSSR count). The van der Waals surface area contributed by atoms with E-state index >= 15 is 0 Å². The summed E-state index contributed by atoms with van der Waals surface area (Å²) in [5.74, 6) is -0.0816. The SMILES string of the molecule is CCCCCNC(=O)NC(CC(C)C)C(=O)OC. The molecule has 18 heavy (non-hydrogen) atoms. The number of hydrogen-bond donors (Lipinski definition) is 2. The van der Waals surface area contributed by atoms with Crippen LogP contribution in [0.4, 0.5) is 4.79 Å². The van der Waals surface area contributed by atoms with Crippen LogP contribution in [0.5, 0.6) is 0 Å². The Morgan fingerprint density at radius 1 is 1.22 bits per heavy atom. The Balaban J connectivity index is 4.06. The summed E-state index contributed by atoms with van der Waals surface area (Å²) in [6, 6.07) is -0.872. The molecule has 1 unspecified atom stereocenters. The standard InChI is InChI=1S/C13H26N2O3/c1-5-6-7-8-14-13(17)15-11(9-10(2)3)12(16)18-4/h10-11H,5-9H2,1-4H3,(H2,14,15,17). The molecule has 2 N–H and O–H groups in total. The molecule has 0 bridgehead atoms. The van der Waals surface area contributed by atoms with Gasteiger partial charge in [-0.1, -0.05) is 33.6 Å². The molecule has 0 aliphatic carbocycles. The normalized spacial score (nSPS) is 12.1. The van der Waals surface area contributed by atoms with Gasteiger partial charge in [0.15, 0.2) is 0 Å². The van der Waals surface area contributed by atoms with Crippen molar-refractivity contribution in [1.29, 1.82) is 0 Å². The van der Waals surface area contributed by atoms with E-state index in [4.69, 9.17) is 0 Å². The van der Waals surface area contributed by atoms with Crippen LogP contribution in [0.3, 0.4) is 0 Å². The molecule has 0 heterocycles. The molecule has 0 aliphatic rings. The Kier molecular flexibility index (Phi) is 9.06. The summed E-state index contributed by atoms with van der Waals surface area (Å²) in [7, 11) is 1.33. The molecule has 0 saturated carbocycles. The monoisotopic (exact) mass is 258 g/mol. The van der Waals surface area contributed by atoms with Crippen LogP contribution >= 0.6 is 0 Å². The molecular formula is C13H26N2O3. The predicted molar refractivity (Wildman–Crippen MR) is 71.3 cm³/mol. The van der Waals surface area contributed by atoms with Crippen LogP contribution in [-0.2, 0) is 9.53 Å². The fourth-order valence-corrected chi connectivity index (χ4v) is 1.61. The fraction of sp³-hybridized carbons (Fsp3) is 0.846. The van der Waals surface area contributed by atoms with Crippen LogP contribution in [0, 0.1) is 5.92 Å². The number of esters is 1. The minimum absolute atomic E-state index is 0.304. The van der Waals surface area contributed by atoms with Crippen molar-refractivity contribution in [3.63, 3.8) is 0 Å². The van der Waals surface area contributed by atoms with E-state index in [0.717, 1.165) is 19.3 Å². The molecule has 0 aliphatic heterocycles. The van der Waals surface area contributed by atoms with Gasteiger partial charge in [0.2, 0.25) is 0 Å². The van der Waals surface area contributed by atoms with Gasteiger partial charge in [-0.15, -0.1) is 0 Å². The van der Waals surface area contributed by atoms with Gasteiger partial charge in [-0.25, -0.2) is 9.59 Å². The Hall–Kier alpha value is -1.26. The number of methoxy groups -OCH3 is 1. The first-order valence-corrected chi connectivity index (χ1v) is 6.63. The van der Waals surface area contributed by atoms with Gasteiger partial charge >= 0.3 is 12.0 Å². The first-order valence-electron chi connectivity index (χ1n) is 6.63. The quantitative estimate of drug-likeness (QED) is 0.517. The maximum absolute atomic E-state index is 11.6. The molecule has 106 valence electrons. The number of unbranched alkanes of at least 4 members (excludes halogenated alkanes) is 2. The van der Waals surface area contributed by atoms with Crippen molar-refractivity contribution in [1.82, 2.24) is 10.6 Å². The maximum Gasteiger partial charge on any atom is 0.328 e. The first-order chi connectivity index (χ1) is 8.51. The number of amides is 2. The highest BCUT2D eigenvalue weighted by molar-refractivity contribution is 5.83. The Labute approximate surface area is 110 Å². The molecule has 5 heteroatoms. The lowest BCUT2D eigenvalue weighted by Gasteiger charge is -2.18. The number of hydrogen-bond acceptors (Lipinski definition) is 3. The van der Waals surface area contributed by atoms with Gasteiger partial charge in [-0.2, -0.15) is 0 Å². The molecular weight excluding hydrogens is 232 g/mol. The van der Waals surface area contributed by atoms with Gasteiger partial charge in [-0.3, -0.25) is 0 Å². The average Bonchev–Trinajstić information content (AvgIpc) is 2.32. The highest BCUT2D eigenvalue weighted by Gasteiger charge is 2.22. The Morgan fingerprint density at radius 3 is 2.39 bits per heavy atom. The second-order valence-electron chi connectivity index (χ2n) is 4.81. The first kappa shape index (κ1) is 16.7. The van der Waals surface area contributed by atoms with Gasteiger partial charge in [0, 0.05) is 6.54 Å². The lowest BCUT2D eigenvalue weighted by molar-refractivity contribution is -0.143. The van der Waals surface area contributed by atoms with Crippen LogP contribution < -0.4 is 10.6 Å². The summed E-state index contributed by atoms with van der Waals surface area (Å²) in [6.45, 7) is 6.73. The minimum Gasteiger partial charge on any atom is -0.467 e. The van der Waals surface area contributed by atoms with Gasteiger partial charge in [0.25, 0.3) is 0 Å². The molecule has 1 atom stereocenters. The topological polar surface area (TPSA) is 67.4 Å². The number of urea groups is 1. The molecule has 2 amide bonds. The summed E-state index contributed by atoms with van der Waals surface area (Å²) < 4.78 is 4.68. The van der Waals surface area contributed by atoms with Crippen LogP contribution in [0.15, 0.2) is 0 Å². The number of ether oxygens (including phenoxy) is 1. The molecule has 5 nitrogen and oxygen atoms in total. The molecule has 0 spiro atoms. The van der Waals surface area contributed by atoms with E-state index < -0.39 is 12.0 Å². The third-order valence-electron chi connectivity index (χ3n) is 2.56. The highest BCUT2D eigenvalue weighted by Crippen LogP contribution is 2.06. The van der Waals surface area contributed by atoms with Crippen molar-refractivity contribution < 1.29 is 14.3 Å². The second kappa shape index (κ2) is 9.74. The van der Waals surface area contributed by atoms with E-state index in [2.05, 4.69) is 22.3 Å². The number of carbonyl (C=O) groups is 2. The van der Waals surface area contributed by atoms with Crippen molar-refractivity contribution in [3.8, 4) is 0 Å². The minimum atomic E-state index is -0.568. The van der Waals surface area contributed by atoms with Crippen molar-refractivity contribution >= 4 is 12.0 Å². The van der Waals surface area contributed by atoms with Gasteiger partial charge in [0.05, 0.1) is 7.11 Å². The molecule has 0 aromatic carbocycles. The molecule has 0 saturated heterocycles. The van der Waals surface area contributed by atoms with Gasteiger partial charge < -0.3 is 15.4 Å². The van der Waals surface area contributed by atoms with Crippen LogP contribution in [0.2, 0.25) is 0 Å². The zero-order chi connectivity index (χ0) is 14.0. The Bertz CT molecular complexity index is 255. The predicted octanol–water partition coefficient (Wildman–Crippen LogP) is 2.06. The van der Waals surface area contributed by atoms with Gasteiger partial charge in [0.1, 0.15) is 6.04 Å². The smallest absolute Gasteiger partial charge is 0.328 e. The average molecular weight is 258 g/mol. The molecule has 0 aromatic rings. The van der Waals surface area contributed by atoms with Crippen molar-refractivity contribution in [3.05, 3.63) is 0 Å². The highest BCUT2D eigenvalue weighted by atomic mass is 16.5. The van der Waals surface area contributed by atoms with Crippen molar-refractivity contribution in [2.45, 2.75) is 52.5 Å². The summed E-state index contributed by atoms with van der Waals surface area (Å²) in [5, 5.41) is 5.39. The number of nitrogens with one attached hydrogen (secondary N) is 2. The summed E-state index contributed by atoms with van der Waals surface area (Å²) in [6.07, 6.45) is 3.74. The van der Waals surface area contributed by atoms with E-state index in [9.17, 15) is 9.59 Å². The molecule has 0 radical (unpaired) electrons. The van der Waals surface area contributed by atoms with Crippen molar-refractivity contribution in [2.24, 2.45) is 5.92 Å². The zero-order valence-corrected chi connectivity index (χ0v) is 11.9. The van der Waals surface area contributed by atoms with Gasteiger partial charge in [-0.05, 0) is 18.8 Å². The van der Waals surface area contributed by atoms with E-state index in [1.54, 1.807) is 0 Å². The largest absolute Gasteiger partial charge is 0.467 e. The molecule has 0 fully saturated rings. The summed E-state index contributed by atoms with van der Waals surface area (Å²) >= 11 is 0. The van der Waals surface area contributed by atoms with E-state index in [1.165, 1.54) is 7.11 Å². The zero-order valence-electron chi connectivity index (χ0n) is 11.9. The van der Waals surface area contributed by atoms with Crippen LogP contribution in [-0.4, -0.2) is 31.7 Å². The third-order valence-corrected chi connectivity index (χ3v) is 2.56. The number of carbonyl (C=O) groups excluding carboxylic acids is 2. The summed E-state index contributed by atoms with van der Waals surface area (Å²) in [4.78, 5) is 23.1. The lowest BCUT2D eigenvalue weighted by atomic mass is 10.0. The number of rotatable bonds is 8. The fourth-order valence-electron chi connectivity index (χ4n) is 1.61.